The Hall–Kier alpha value is 1.51. The quantitative estimate of drug-likeness (QED) is 0.335. The predicted octanol–water partition coefficient (Wildman–Crippen LogP) is -0.328. The predicted molar refractivity (Wildman–Crippen MR) is 16.9 cm³/mol. The van der Waals surface area contributed by atoms with Crippen LogP contribution in [0.3, 0.4) is 0 Å². The standard InChI is InChI=1S/B.Mn.Ni.H3P/h;;;1H3. The fourth-order valence-electron chi connectivity index (χ4n) is 0. The molecule has 1 unspecified atom stereocenters. The second-order valence-electron chi connectivity index (χ2n) is 0. The van der Waals surface area contributed by atoms with Gasteiger partial charge in [-0.25, -0.2) is 0 Å². The van der Waals surface area contributed by atoms with Gasteiger partial charge in [-0.05, 0) is 0 Å². The molecule has 28 valence electrons. The summed E-state index contributed by atoms with van der Waals surface area (Å²) >= 11 is 0. The van der Waals surface area contributed by atoms with Gasteiger partial charge in [0.25, 0.3) is 0 Å². The molecule has 1 atom stereocenters. The molecule has 0 nitrogen and oxygen atoms in total. The molecule has 0 aromatic carbocycles. The van der Waals surface area contributed by atoms with Gasteiger partial charge >= 0.3 is 0 Å². The van der Waals surface area contributed by atoms with E-state index in [9.17, 15) is 0 Å². The smallest absolute Gasteiger partial charge is 0 e. The molecule has 0 saturated carbocycles. The molecule has 0 saturated heterocycles. The Balaban J connectivity index is 0. The van der Waals surface area contributed by atoms with Gasteiger partial charge in [0.1, 0.15) is 0 Å². The molecule has 0 aromatic heterocycles. The second-order valence-corrected chi connectivity index (χ2v) is 0. The normalized spacial score (nSPS) is 0. The second kappa shape index (κ2) is 24.4. The van der Waals surface area contributed by atoms with E-state index in [0.29, 0.717) is 0 Å². The number of hydrogen-bond acceptors (Lipinski definition) is 0. The fourth-order valence-corrected chi connectivity index (χ4v) is 0. The maximum absolute atomic E-state index is 0. The van der Waals surface area contributed by atoms with E-state index in [4.69, 9.17) is 0 Å². The molecule has 4 heteroatoms. The first kappa shape index (κ1) is 49.2. The zero-order valence-electron chi connectivity index (χ0n) is 1.98. The molecule has 0 heterocycles. The Morgan fingerprint density at radius 1 is 1.00 bits per heavy atom. The third-order valence-corrected chi connectivity index (χ3v) is 0. The summed E-state index contributed by atoms with van der Waals surface area (Å²) in [6.45, 7) is 0. The van der Waals surface area contributed by atoms with Gasteiger partial charge < -0.3 is 0 Å². The van der Waals surface area contributed by atoms with Gasteiger partial charge in [-0.2, -0.15) is 9.90 Å². The summed E-state index contributed by atoms with van der Waals surface area (Å²) in [7, 11) is 0. The fraction of sp³-hybridized carbons (Fsp3) is 0. The molecule has 4 radical (unpaired) electrons. The molecule has 0 aliphatic carbocycles. The van der Waals surface area contributed by atoms with Crippen LogP contribution < -0.4 is 0 Å². The minimum Gasteiger partial charge on any atom is -0.153 e. The number of rotatable bonds is 0. The molecule has 0 fully saturated rings. The summed E-state index contributed by atoms with van der Waals surface area (Å²) in [4.78, 5) is 0. The third kappa shape index (κ3) is 9.70. The van der Waals surface area contributed by atoms with Crippen molar-refractivity contribution in [2.75, 3.05) is 0 Å². The number of hydrogen-bond donors (Lipinski definition) is 0. The molecule has 0 aliphatic heterocycles. The Kier molecular flexibility index (Phi) is 300. The van der Waals surface area contributed by atoms with Gasteiger partial charge in [0, 0.05) is 42.0 Å². The van der Waals surface area contributed by atoms with Crippen molar-refractivity contribution in [1.82, 2.24) is 0 Å². The molecular formula is H3BMnNiP. The van der Waals surface area contributed by atoms with Crippen molar-refractivity contribution in [3.05, 3.63) is 0 Å². The third-order valence-electron chi connectivity index (χ3n) is 0. The first-order chi connectivity index (χ1) is 0. The van der Waals surface area contributed by atoms with Gasteiger partial charge in [0.2, 0.25) is 0 Å². The molecule has 0 aliphatic rings. The van der Waals surface area contributed by atoms with Crippen molar-refractivity contribution in [2.45, 2.75) is 0 Å². The summed E-state index contributed by atoms with van der Waals surface area (Å²) in [5.74, 6) is 0. The average Bonchev–Trinajstić information content (AvgIpc) is 0. The van der Waals surface area contributed by atoms with Crippen LogP contribution >= 0.6 is 9.90 Å². The summed E-state index contributed by atoms with van der Waals surface area (Å²) in [6, 6.07) is 0. The summed E-state index contributed by atoms with van der Waals surface area (Å²) in [5, 5.41) is 0. The minimum absolute atomic E-state index is 0. The zero-order valence-corrected chi connectivity index (χ0v) is 5.56. The van der Waals surface area contributed by atoms with Crippen LogP contribution in [0.4, 0.5) is 0 Å². The zero-order chi connectivity index (χ0) is 0. The topological polar surface area (TPSA) is 0 Å². The van der Waals surface area contributed by atoms with Crippen LogP contribution in [0.1, 0.15) is 0 Å². The van der Waals surface area contributed by atoms with Gasteiger partial charge in [0.15, 0.2) is 0 Å². The van der Waals surface area contributed by atoms with Crippen LogP contribution in [0.15, 0.2) is 0 Å². The van der Waals surface area contributed by atoms with E-state index < -0.39 is 0 Å². The Bertz CT molecular complexity index is 8.00. The van der Waals surface area contributed by atoms with Gasteiger partial charge in [-0.1, -0.05) is 0 Å². The van der Waals surface area contributed by atoms with Crippen LogP contribution in [0.2, 0.25) is 0 Å². The summed E-state index contributed by atoms with van der Waals surface area (Å²) < 4.78 is 0. The SMILES string of the molecule is P.[B].[Mn].[Ni]. The Morgan fingerprint density at radius 3 is 1.00 bits per heavy atom. The van der Waals surface area contributed by atoms with Crippen LogP contribution in [0.25, 0.3) is 0 Å². The average molecular weight is 158 g/mol. The van der Waals surface area contributed by atoms with Gasteiger partial charge in [0.05, 0.1) is 0 Å². The molecule has 4 heavy (non-hydrogen) atoms. The molecular weight excluding hydrogens is 155 g/mol. The van der Waals surface area contributed by atoms with Crippen molar-refractivity contribution >= 4 is 18.3 Å². The first-order valence-corrected chi connectivity index (χ1v) is 0. The monoisotopic (exact) mass is 158 g/mol. The van der Waals surface area contributed by atoms with Crippen molar-refractivity contribution in [2.24, 2.45) is 0 Å². The van der Waals surface area contributed by atoms with Gasteiger partial charge in [-0.3, -0.25) is 0 Å². The summed E-state index contributed by atoms with van der Waals surface area (Å²) in [6.07, 6.45) is 0. The van der Waals surface area contributed by atoms with E-state index in [0.717, 1.165) is 0 Å². The van der Waals surface area contributed by atoms with E-state index in [1.165, 1.54) is 0 Å². The molecule has 0 amide bonds. The van der Waals surface area contributed by atoms with E-state index in [1.54, 1.807) is 0 Å². The van der Waals surface area contributed by atoms with E-state index in [1.807, 2.05) is 0 Å². The van der Waals surface area contributed by atoms with Crippen molar-refractivity contribution in [3.8, 4) is 0 Å². The van der Waals surface area contributed by atoms with Gasteiger partial charge in [-0.15, -0.1) is 0 Å². The van der Waals surface area contributed by atoms with E-state index in [-0.39, 0.29) is 51.9 Å². The van der Waals surface area contributed by atoms with Crippen molar-refractivity contribution in [3.63, 3.8) is 0 Å². The van der Waals surface area contributed by atoms with Crippen LogP contribution in [-0.4, -0.2) is 8.41 Å². The van der Waals surface area contributed by atoms with E-state index in [2.05, 4.69) is 0 Å². The largest absolute Gasteiger partial charge is 0.153 e. The maximum atomic E-state index is 0. The minimum atomic E-state index is 0. The summed E-state index contributed by atoms with van der Waals surface area (Å²) in [5.41, 5.74) is 0. The van der Waals surface area contributed by atoms with Crippen molar-refractivity contribution in [1.29, 1.82) is 0 Å². The Labute approximate surface area is 52.1 Å². The maximum Gasteiger partial charge on any atom is 0 e. The molecule has 0 bridgehead atoms. The van der Waals surface area contributed by atoms with Crippen LogP contribution in [-0.2, 0) is 33.6 Å². The van der Waals surface area contributed by atoms with E-state index >= 15 is 0 Å². The van der Waals surface area contributed by atoms with Crippen LogP contribution in [0.5, 0.6) is 0 Å². The molecule has 0 N–H and O–H groups in total. The van der Waals surface area contributed by atoms with Crippen LogP contribution in [0, 0.1) is 0 Å². The van der Waals surface area contributed by atoms with Crippen molar-refractivity contribution < 1.29 is 33.6 Å². The first-order valence-electron chi connectivity index (χ1n) is 0. The Morgan fingerprint density at radius 2 is 1.00 bits per heavy atom. The molecule has 0 aromatic rings. The molecule has 0 rings (SSSR count). The molecule has 0 spiro atoms.